The highest BCUT2D eigenvalue weighted by Crippen LogP contribution is 2.37. The smallest absolute Gasteiger partial charge is 0.333 e. The van der Waals surface area contributed by atoms with Crippen LogP contribution in [-0.4, -0.2) is 63.4 Å². The van der Waals surface area contributed by atoms with Gasteiger partial charge in [0.25, 0.3) is 0 Å². The molecule has 0 radical (unpaired) electrons. The van der Waals surface area contributed by atoms with E-state index in [1.807, 2.05) is 58.9 Å². The van der Waals surface area contributed by atoms with Gasteiger partial charge in [0.15, 0.2) is 25.0 Å². The molecule has 0 saturated carbocycles. The van der Waals surface area contributed by atoms with E-state index in [2.05, 4.69) is 0 Å². The summed E-state index contributed by atoms with van der Waals surface area (Å²) >= 11 is 0. The minimum absolute atomic E-state index is 0.278. The number of hydrogen-bond donors (Lipinski definition) is 1. The van der Waals surface area contributed by atoms with Gasteiger partial charge in [-0.1, -0.05) is 0 Å². The zero-order valence-corrected chi connectivity index (χ0v) is 23.6. The Morgan fingerprint density at radius 1 is 0.815 bits per heavy atom. The number of esters is 1. The Hall–Kier alpha value is -0.572. The van der Waals surface area contributed by atoms with Crippen molar-refractivity contribution in [2.45, 2.75) is 77.0 Å². The molecule has 1 N–H and O–H groups in total. The van der Waals surface area contributed by atoms with Crippen LogP contribution < -0.4 is 0 Å². The molecule has 11 heteroatoms. The van der Waals surface area contributed by atoms with E-state index in [0.29, 0.717) is 0 Å². The topological polar surface area (TPSA) is 91.3 Å². The van der Waals surface area contributed by atoms with Crippen molar-refractivity contribution in [1.82, 2.24) is 0 Å². The minimum atomic E-state index is -2.18. The summed E-state index contributed by atoms with van der Waals surface area (Å²) in [5.41, 5.74) is -1.40. The molecule has 0 heterocycles. The second-order valence-corrected chi connectivity index (χ2v) is 24.2. The number of aliphatic carboxylic acids is 1. The van der Waals surface area contributed by atoms with Gasteiger partial charge in [-0.05, 0) is 65.8 Å². The molecule has 1 unspecified atom stereocenters. The fourth-order valence-corrected chi connectivity index (χ4v) is 9.45. The summed E-state index contributed by atoms with van der Waals surface area (Å²) < 4.78 is 24.8. The lowest BCUT2D eigenvalue weighted by Gasteiger charge is -2.51. The molecule has 0 aromatic heterocycles. The highest BCUT2D eigenvalue weighted by molar-refractivity contribution is 6.71. The second kappa shape index (κ2) is 8.84. The van der Waals surface area contributed by atoms with Gasteiger partial charge in [0.1, 0.15) is 0 Å². The molecule has 158 valence electrons. The van der Waals surface area contributed by atoms with Crippen molar-refractivity contribution in [3.63, 3.8) is 0 Å². The summed E-state index contributed by atoms with van der Waals surface area (Å²) in [7, 11) is -6.13. The monoisotopic (exact) mass is 452 g/mol. The molecule has 0 aromatic carbocycles. The maximum absolute atomic E-state index is 12.3. The molecule has 0 aliphatic heterocycles. The molecule has 0 bridgehead atoms. The molecule has 0 saturated heterocycles. The number of rotatable bonds is 10. The Morgan fingerprint density at radius 2 is 1.19 bits per heavy atom. The largest absolute Gasteiger partial charge is 0.478 e. The second-order valence-electron chi connectivity index (χ2n) is 9.63. The fraction of sp³-hybridized carbons (Fsp3) is 0.750. The van der Waals surface area contributed by atoms with Gasteiger partial charge in [0, 0.05) is 12.2 Å². The lowest BCUT2D eigenvalue weighted by molar-refractivity contribution is -0.283. The van der Waals surface area contributed by atoms with Crippen LogP contribution in [0.15, 0.2) is 12.2 Å². The first-order valence-corrected chi connectivity index (χ1v) is 20.2. The molecule has 1 atom stereocenters. The van der Waals surface area contributed by atoms with Crippen LogP contribution in [0.5, 0.6) is 0 Å². The van der Waals surface area contributed by atoms with Crippen LogP contribution in [0.4, 0.5) is 0 Å². The third-order valence-electron chi connectivity index (χ3n) is 2.99. The number of hydrogen-bond acceptors (Lipinski definition) is 6. The minimum Gasteiger partial charge on any atom is -0.478 e. The third-order valence-corrected chi connectivity index (χ3v) is 7.72. The molecular formula is C16H36O7Si4. The highest BCUT2D eigenvalue weighted by atomic mass is 28.4. The van der Waals surface area contributed by atoms with E-state index in [1.54, 1.807) is 6.92 Å². The van der Waals surface area contributed by atoms with Crippen LogP contribution in [0.25, 0.3) is 0 Å². The highest BCUT2D eigenvalue weighted by Gasteiger charge is 2.56. The van der Waals surface area contributed by atoms with Crippen LogP contribution in [0.2, 0.25) is 58.9 Å². The SMILES string of the molecule is CC(O[Si](C)(C)C)(O[Si](C)(C)C)C([SiH3])(OC(=O)/C=C/C(=O)O)O[Si](C)(C)C. The first kappa shape index (κ1) is 26.4. The molecule has 0 rings (SSSR count). The van der Waals surface area contributed by atoms with E-state index < -0.39 is 48.1 Å². The van der Waals surface area contributed by atoms with E-state index in [4.69, 9.17) is 23.1 Å². The van der Waals surface area contributed by atoms with Gasteiger partial charge in [-0.25, -0.2) is 9.59 Å². The summed E-state index contributed by atoms with van der Waals surface area (Å²) in [6, 6.07) is 0. The van der Waals surface area contributed by atoms with Crippen molar-refractivity contribution in [2.24, 2.45) is 0 Å². The van der Waals surface area contributed by atoms with Gasteiger partial charge in [0.2, 0.25) is 11.2 Å². The summed E-state index contributed by atoms with van der Waals surface area (Å²) in [6.45, 7) is 19.9. The molecule has 0 aromatic rings. The average molecular weight is 453 g/mol. The van der Waals surface area contributed by atoms with Gasteiger partial charge in [-0.2, -0.15) is 0 Å². The Kier molecular flexibility index (Phi) is 8.65. The lowest BCUT2D eigenvalue weighted by Crippen LogP contribution is -2.67. The summed E-state index contributed by atoms with van der Waals surface area (Å²) in [6.07, 6.45) is 1.63. The number of carbonyl (C=O) groups is 2. The van der Waals surface area contributed by atoms with Gasteiger partial charge < -0.3 is 23.1 Å². The van der Waals surface area contributed by atoms with E-state index in [9.17, 15) is 9.59 Å². The normalized spacial score (nSPS) is 16.4. The first-order valence-electron chi connectivity index (χ1n) is 8.93. The summed E-state index contributed by atoms with van der Waals surface area (Å²) in [5.74, 6) is -3.30. The number of carboxylic acids is 1. The standard InChI is InChI=1S/C16H36O7Si4/c1-15(21-25(2,3)4,22-26(5,6)7)16(24,23-27(8,9)10)20-14(19)12-11-13(17)18/h11-12H,1-10,24H3,(H,17,18)/b12-11+. The Bertz CT molecular complexity index is 557. The van der Waals surface area contributed by atoms with Crippen molar-refractivity contribution in [2.75, 3.05) is 0 Å². The molecular weight excluding hydrogens is 417 g/mol. The number of carboxylic acid groups (broad SMARTS) is 1. The van der Waals surface area contributed by atoms with Crippen LogP contribution in [0, 0.1) is 0 Å². The predicted molar refractivity (Wildman–Crippen MR) is 117 cm³/mol. The summed E-state index contributed by atoms with van der Waals surface area (Å²) in [5, 5.41) is 8.76. The Labute approximate surface area is 169 Å². The van der Waals surface area contributed by atoms with E-state index in [-0.39, 0.29) is 10.2 Å². The van der Waals surface area contributed by atoms with Crippen LogP contribution >= 0.6 is 0 Å². The molecule has 0 aliphatic rings. The van der Waals surface area contributed by atoms with Crippen molar-refractivity contribution < 1.29 is 32.7 Å². The average Bonchev–Trinajstić information content (AvgIpc) is 2.28. The maximum Gasteiger partial charge on any atom is 0.333 e. The molecule has 0 fully saturated rings. The zero-order chi connectivity index (χ0) is 21.9. The van der Waals surface area contributed by atoms with Crippen LogP contribution in [0.3, 0.4) is 0 Å². The zero-order valence-electron chi connectivity index (χ0n) is 18.6. The van der Waals surface area contributed by atoms with Crippen molar-refractivity contribution in [1.29, 1.82) is 0 Å². The van der Waals surface area contributed by atoms with Crippen molar-refractivity contribution in [3.8, 4) is 0 Å². The third kappa shape index (κ3) is 10.5. The Morgan fingerprint density at radius 3 is 1.48 bits per heavy atom. The molecule has 7 nitrogen and oxygen atoms in total. The van der Waals surface area contributed by atoms with E-state index in [1.165, 1.54) is 0 Å². The molecule has 27 heavy (non-hydrogen) atoms. The van der Waals surface area contributed by atoms with Crippen molar-refractivity contribution >= 4 is 47.1 Å². The summed E-state index contributed by atoms with van der Waals surface area (Å²) in [4.78, 5) is 23.0. The lowest BCUT2D eigenvalue weighted by atomic mass is 10.3. The maximum atomic E-state index is 12.3. The van der Waals surface area contributed by atoms with Crippen molar-refractivity contribution in [3.05, 3.63) is 12.2 Å². The molecule has 0 spiro atoms. The molecule has 0 amide bonds. The molecule has 0 aliphatic carbocycles. The number of ether oxygens (including phenoxy) is 1. The first-order chi connectivity index (χ1) is 11.7. The van der Waals surface area contributed by atoms with Gasteiger partial charge in [-0.3, -0.25) is 0 Å². The van der Waals surface area contributed by atoms with E-state index >= 15 is 0 Å². The Balaban J connectivity index is 6.19. The number of carbonyl (C=O) groups excluding carboxylic acids is 1. The van der Waals surface area contributed by atoms with Gasteiger partial charge in [-0.15, -0.1) is 0 Å². The predicted octanol–water partition coefficient (Wildman–Crippen LogP) is 2.46. The fourth-order valence-electron chi connectivity index (χ4n) is 2.53. The van der Waals surface area contributed by atoms with Gasteiger partial charge in [0.05, 0.1) is 10.2 Å². The van der Waals surface area contributed by atoms with Crippen LogP contribution in [0.1, 0.15) is 6.92 Å². The quantitative estimate of drug-likeness (QED) is 0.236. The van der Waals surface area contributed by atoms with Gasteiger partial charge >= 0.3 is 11.9 Å². The van der Waals surface area contributed by atoms with E-state index in [0.717, 1.165) is 12.2 Å². The van der Waals surface area contributed by atoms with Crippen LogP contribution in [-0.2, 0) is 27.6 Å².